The highest BCUT2D eigenvalue weighted by molar-refractivity contribution is 8.00. The van der Waals surface area contributed by atoms with Crippen molar-refractivity contribution in [3.05, 3.63) is 0 Å². The molecule has 0 saturated carbocycles. The van der Waals surface area contributed by atoms with Crippen LogP contribution in [0.15, 0.2) is 0 Å². The van der Waals surface area contributed by atoms with Gasteiger partial charge in [-0.05, 0) is 12.8 Å². The summed E-state index contributed by atoms with van der Waals surface area (Å²) < 4.78 is 0. The van der Waals surface area contributed by atoms with Crippen LogP contribution in [0.25, 0.3) is 0 Å². The van der Waals surface area contributed by atoms with Crippen LogP contribution in [0.1, 0.15) is 27.7 Å². The zero-order valence-electron chi connectivity index (χ0n) is 10.4. The van der Waals surface area contributed by atoms with Crippen molar-refractivity contribution in [2.75, 3.05) is 12.3 Å². The van der Waals surface area contributed by atoms with Gasteiger partial charge >= 0.3 is 0 Å². The summed E-state index contributed by atoms with van der Waals surface area (Å²) in [5.74, 6) is 0.595. The summed E-state index contributed by atoms with van der Waals surface area (Å²) in [6, 6.07) is 2.37. The average molecular weight is 240 g/mol. The lowest BCUT2D eigenvalue weighted by atomic mass is 9.95. The molecule has 1 aliphatic rings. The van der Waals surface area contributed by atoms with Crippen molar-refractivity contribution in [3.8, 4) is 6.07 Å². The second-order valence-corrected chi connectivity index (χ2v) is 6.18. The third-order valence-corrected chi connectivity index (χ3v) is 4.58. The van der Waals surface area contributed by atoms with Gasteiger partial charge in [0.1, 0.15) is 5.92 Å². The van der Waals surface area contributed by atoms with Crippen molar-refractivity contribution in [1.29, 1.82) is 5.26 Å². The fourth-order valence-corrected chi connectivity index (χ4v) is 3.01. The number of carbonyl (C=O) groups is 1. The molecule has 1 saturated heterocycles. The van der Waals surface area contributed by atoms with E-state index in [1.54, 1.807) is 0 Å². The number of nitrogens with zero attached hydrogens (tertiary/aromatic N) is 2. The van der Waals surface area contributed by atoms with Gasteiger partial charge in [-0.2, -0.15) is 17.0 Å². The Balaban J connectivity index is 2.76. The molecule has 0 aromatic carbocycles. The number of nitriles is 1. The van der Waals surface area contributed by atoms with E-state index < -0.39 is 5.92 Å². The van der Waals surface area contributed by atoms with Gasteiger partial charge in [-0.1, -0.05) is 20.8 Å². The fourth-order valence-electron chi connectivity index (χ4n) is 1.91. The Morgan fingerprint density at radius 2 is 2.12 bits per heavy atom. The normalized spacial score (nSPS) is 27.6. The summed E-state index contributed by atoms with van der Waals surface area (Å²) >= 11 is 1.90. The minimum absolute atomic E-state index is 0.0113. The van der Waals surface area contributed by atoms with Crippen molar-refractivity contribution in [1.82, 2.24) is 4.90 Å². The zero-order valence-corrected chi connectivity index (χ0v) is 11.3. The molecule has 0 aliphatic carbocycles. The van der Waals surface area contributed by atoms with E-state index in [1.165, 1.54) is 0 Å². The molecule has 1 amide bonds. The molecule has 0 aromatic rings. The first kappa shape index (κ1) is 13.4. The SMILES string of the molecule is CC(C)C(C#N)C(=O)N1CCSC(C)C1C. The Kier molecular flexibility index (Phi) is 4.67. The van der Waals surface area contributed by atoms with E-state index in [4.69, 9.17) is 5.26 Å². The number of hydrogen-bond donors (Lipinski definition) is 0. The molecule has 3 atom stereocenters. The Morgan fingerprint density at radius 1 is 1.50 bits per heavy atom. The van der Waals surface area contributed by atoms with Crippen LogP contribution in [-0.4, -0.2) is 34.4 Å². The van der Waals surface area contributed by atoms with E-state index >= 15 is 0 Å². The van der Waals surface area contributed by atoms with Gasteiger partial charge in [0, 0.05) is 23.6 Å². The molecule has 1 fully saturated rings. The van der Waals surface area contributed by atoms with Crippen molar-refractivity contribution >= 4 is 17.7 Å². The predicted molar refractivity (Wildman–Crippen MR) is 67.0 cm³/mol. The molecule has 0 spiro atoms. The maximum atomic E-state index is 12.2. The molecule has 1 rings (SSSR count). The molecular weight excluding hydrogens is 220 g/mol. The van der Waals surface area contributed by atoms with Crippen LogP contribution in [0.4, 0.5) is 0 Å². The smallest absolute Gasteiger partial charge is 0.240 e. The van der Waals surface area contributed by atoms with Crippen LogP contribution in [-0.2, 0) is 4.79 Å². The molecular formula is C12H20N2OS. The lowest BCUT2D eigenvalue weighted by molar-refractivity contribution is -0.136. The zero-order chi connectivity index (χ0) is 12.3. The highest BCUT2D eigenvalue weighted by Gasteiger charge is 2.34. The van der Waals surface area contributed by atoms with E-state index in [1.807, 2.05) is 30.5 Å². The molecule has 1 aliphatic heterocycles. The standard InChI is InChI=1S/C12H20N2OS/c1-8(2)11(7-13)12(15)14-5-6-16-10(4)9(14)3/h8-11H,5-6H2,1-4H3. The van der Waals surface area contributed by atoms with Crippen molar-refractivity contribution in [2.45, 2.75) is 39.0 Å². The maximum Gasteiger partial charge on any atom is 0.240 e. The average Bonchev–Trinajstić information content (AvgIpc) is 2.22. The van der Waals surface area contributed by atoms with E-state index in [9.17, 15) is 4.79 Å². The van der Waals surface area contributed by atoms with Crippen LogP contribution in [0, 0.1) is 23.2 Å². The Morgan fingerprint density at radius 3 is 2.62 bits per heavy atom. The van der Waals surface area contributed by atoms with Gasteiger partial charge in [0.05, 0.1) is 6.07 Å². The minimum Gasteiger partial charge on any atom is -0.337 e. The molecule has 16 heavy (non-hydrogen) atoms. The molecule has 90 valence electrons. The maximum absolute atomic E-state index is 12.2. The first-order valence-electron chi connectivity index (χ1n) is 5.80. The number of thioether (sulfide) groups is 1. The van der Waals surface area contributed by atoms with Crippen LogP contribution in [0.3, 0.4) is 0 Å². The van der Waals surface area contributed by atoms with Crippen LogP contribution >= 0.6 is 11.8 Å². The molecule has 0 radical (unpaired) electrons. The molecule has 4 heteroatoms. The summed E-state index contributed by atoms with van der Waals surface area (Å²) in [6.45, 7) is 8.85. The Bertz CT molecular complexity index is 298. The van der Waals surface area contributed by atoms with Gasteiger partial charge in [-0.3, -0.25) is 4.79 Å². The van der Waals surface area contributed by atoms with Crippen LogP contribution in [0.5, 0.6) is 0 Å². The van der Waals surface area contributed by atoms with Crippen molar-refractivity contribution in [3.63, 3.8) is 0 Å². The highest BCUT2D eigenvalue weighted by atomic mass is 32.2. The third-order valence-electron chi connectivity index (χ3n) is 3.24. The summed E-state index contributed by atoms with van der Waals surface area (Å²) in [4.78, 5) is 14.1. The van der Waals surface area contributed by atoms with Gasteiger partial charge in [-0.25, -0.2) is 0 Å². The van der Waals surface area contributed by atoms with Gasteiger partial charge in [-0.15, -0.1) is 0 Å². The van der Waals surface area contributed by atoms with E-state index in [0.717, 1.165) is 12.3 Å². The first-order chi connectivity index (χ1) is 7.49. The van der Waals surface area contributed by atoms with Gasteiger partial charge < -0.3 is 4.90 Å². The summed E-state index contributed by atoms with van der Waals surface area (Å²) in [5, 5.41) is 9.51. The quantitative estimate of drug-likeness (QED) is 0.742. The molecule has 0 aromatic heterocycles. The Labute approximate surface area is 102 Å². The number of rotatable bonds is 2. The number of hydrogen-bond acceptors (Lipinski definition) is 3. The lowest BCUT2D eigenvalue weighted by Gasteiger charge is -2.38. The van der Waals surface area contributed by atoms with Gasteiger partial charge in [0.25, 0.3) is 0 Å². The molecule has 3 nitrogen and oxygen atoms in total. The molecule has 0 N–H and O–H groups in total. The number of carbonyl (C=O) groups excluding carboxylic acids is 1. The number of amides is 1. The summed E-state index contributed by atoms with van der Waals surface area (Å²) in [5.41, 5.74) is 0. The second kappa shape index (κ2) is 5.58. The van der Waals surface area contributed by atoms with Crippen molar-refractivity contribution < 1.29 is 4.79 Å². The highest BCUT2D eigenvalue weighted by Crippen LogP contribution is 2.26. The lowest BCUT2D eigenvalue weighted by Crippen LogP contribution is -2.50. The third kappa shape index (κ3) is 2.70. The molecule has 1 heterocycles. The summed E-state index contributed by atoms with van der Waals surface area (Å²) in [6.07, 6.45) is 0. The minimum atomic E-state index is -0.488. The fraction of sp³-hybridized carbons (Fsp3) is 0.833. The topological polar surface area (TPSA) is 44.1 Å². The molecule has 0 bridgehead atoms. The van der Waals surface area contributed by atoms with Crippen molar-refractivity contribution in [2.24, 2.45) is 11.8 Å². The van der Waals surface area contributed by atoms with Gasteiger partial charge in [0.15, 0.2) is 0 Å². The van der Waals surface area contributed by atoms with Gasteiger partial charge in [0.2, 0.25) is 5.91 Å². The predicted octanol–water partition coefficient (Wildman–Crippen LogP) is 2.13. The largest absolute Gasteiger partial charge is 0.337 e. The Hall–Kier alpha value is -0.690. The summed E-state index contributed by atoms with van der Waals surface area (Å²) in [7, 11) is 0. The van der Waals surface area contributed by atoms with Crippen LogP contribution < -0.4 is 0 Å². The van der Waals surface area contributed by atoms with Crippen LogP contribution in [0.2, 0.25) is 0 Å². The second-order valence-electron chi connectivity index (χ2n) is 4.70. The molecule has 3 unspecified atom stereocenters. The monoisotopic (exact) mass is 240 g/mol. The first-order valence-corrected chi connectivity index (χ1v) is 6.85. The van der Waals surface area contributed by atoms with E-state index in [2.05, 4.69) is 19.9 Å². The van der Waals surface area contributed by atoms with E-state index in [0.29, 0.717) is 5.25 Å². The van der Waals surface area contributed by atoms with E-state index in [-0.39, 0.29) is 17.9 Å².